The smallest absolute Gasteiger partial charge is 0.0460 e. The molecule has 2 aromatic heterocycles. The van der Waals surface area contributed by atoms with Crippen LogP contribution in [0.25, 0.3) is 31.0 Å². The van der Waals surface area contributed by atoms with Gasteiger partial charge in [-0.3, -0.25) is 0 Å². The molecule has 0 atom stereocenters. The second kappa shape index (κ2) is 10.4. The van der Waals surface area contributed by atoms with E-state index in [2.05, 4.69) is 74.5 Å². The summed E-state index contributed by atoms with van der Waals surface area (Å²) in [5.41, 5.74) is 5.40. The molecule has 0 nitrogen and oxygen atoms in total. The first-order chi connectivity index (χ1) is 14.8. The van der Waals surface area contributed by atoms with Crippen LogP contribution in [0.15, 0.2) is 60.7 Å². The Hall–Kier alpha value is -1.90. The van der Waals surface area contributed by atoms with Crippen LogP contribution in [0.4, 0.5) is 0 Å². The lowest BCUT2D eigenvalue weighted by Crippen LogP contribution is -1.86. The maximum absolute atomic E-state index is 2.42. The van der Waals surface area contributed by atoms with E-state index in [9.17, 15) is 0 Å². The van der Waals surface area contributed by atoms with Crippen LogP contribution in [0.5, 0.6) is 0 Å². The number of aryl methyl sites for hydroxylation is 2. The summed E-state index contributed by atoms with van der Waals surface area (Å²) in [6.07, 6.45) is 10.3. The zero-order valence-electron chi connectivity index (χ0n) is 18.2. The Morgan fingerprint density at radius 1 is 0.567 bits per heavy atom. The molecule has 0 unspecified atom stereocenters. The van der Waals surface area contributed by atoms with Crippen LogP contribution in [0.1, 0.15) is 62.8 Å². The number of unbranched alkanes of at least 4 members (excludes halogenated alkanes) is 4. The molecule has 2 heteroatoms. The standard InChI is InChI=1S/C28H32S2/c1-3-5-7-9-21-11-13-22(14-12-21)23-15-17-24(18-16-23)26-20-28-27(30-26)19-25(29-28)10-8-6-4-2/h11-20H,3-10H2,1-2H3. The molecule has 0 N–H and O–H groups in total. The molecule has 0 radical (unpaired) electrons. The molecule has 0 saturated heterocycles. The van der Waals surface area contributed by atoms with Crippen molar-refractivity contribution in [3.63, 3.8) is 0 Å². The highest BCUT2D eigenvalue weighted by Gasteiger charge is 2.09. The van der Waals surface area contributed by atoms with Crippen molar-refractivity contribution in [1.29, 1.82) is 0 Å². The Labute approximate surface area is 189 Å². The van der Waals surface area contributed by atoms with Crippen molar-refractivity contribution in [3.05, 3.63) is 71.1 Å². The first-order valence-corrected chi connectivity index (χ1v) is 13.1. The first-order valence-electron chi connectivity index (χ1n) is 11.5. The first kappa shape index (κ1) is 21.3. The van der Waals surface area contributed by atoms with Crippen molar-refractivity contribution in [2.24, 2.45) is 0 Å². The number of thiophene rings is 2. The molecule has 2 heterocycles. The normalized spacial score (nSPS) is 11.4. The molecule has 4 aromatic rings. The van der Waals surface area contributed by atoms with Crippen LogP contribution < -0.4 is 0 Å². The molecule has 0 bridgehead atoms. The zero-order chi connectivity index (χ0) is 20.8. The summed E-state index contributed by atoms with van der Waals surface area (Å²) in [5, 5.41) is 0. The molecule has 2 aromatic carbocycles. The second-order valence-corrected chi connectivity index (χ2v) is 10.5. The summed E-state index contributed by atoms with van der Waals surface area (Å²) in [7, 11) is 0. The minimum atomic E-state index is 1.20. The predicted octanol–water partition coefficient (Wildman–Crippen LogP) is 9.76. The van der Waals surface area contributed by atoms with Crippen LogP contribution in [-0.2, 0) is 12.8 Å². The fourth-order valence-electron chi connectivity index (χ4n) is 3.97. The third kappa shape index (κ3) is 5.22. The van der Waals surface area contributed by atoms with Crippen LogP contribution in [0.2, 0.25) is 0 Å². The number of fused-ring (bicyclic) bond motifs is 1. The molecule has 0 saturated carbocycles. The Kier molecular flexibility index (Phi) is 7.41. The van der Waals surface area contributed by atoms with E-state index in [1.165, 1.54) is 87.9 Å². The number of hydrogen-bond acceptors (Lipinski definition) is 2. The summed E-state index contributed by atoms with van der Waals surface area (Å²) in [6.45, 7) is 4.53. The monoisotopic (exact) mass is 432 g/mol. The second-order valence-electron chi connectivity index (χ2n) is 8.24. The van der Waals surface area contributed by atoms with Gasteiger partial charge in [0.25, 0.3) is 0 Å². The molecular weight excluding hydrogens is 400 g/mol. The number of benzene rings is 2. The fourth-order valence-corrected chi connectivity index (χ4v) is 6.44. The molecule has 0 aliphatic heterocycles. The van der Waals surface area contributed by atoms with E-state index >= 15 is 0 Å². The lowest BCUT2D eigenvalue weighted by atomic mass is 10.0. The fraction of sp³-hybridized carbons (Fsp3) is 0.357. The van der Waals surface area contributed by atoms with Gasteiger partial charge in [-0.1, -0.05) is 88.1 Å². The summed E-state index contributed by atoms with van der Waals surface area (Å²) in [6, 6.07) is 23.0. The molecule has 0 amide bonds. The van der Waals surface area contributed by atoms with E-state index < -0.39 is 0 Å². The summed E-state index contributed by atoms with van der Waals surface area (Å²) < 4.78 is 2.90. The third-order valence-corrected chi connectivity index (χ3v) is 8.21. The number of rotatable bonds is 10. The van der Waals surface area contributed by atoms with Gasteiger partial charge >= 0.3 is 0 Å². The van der Waals surface area contributed by atoms with E-state index in [1.54, 1.807) is 4.88 Å². The molecule has 0 aliphatic rings. The van der Waals surface area contributed by atoms with E-state index in [0.717, 1.165) is 0 Å². The number of hydrogen-bond donors (Lipinski definition) is 0. The minimum Gasteiger partial charge on any atom is -0.139 e. The van der Waals surface area contributed by atoms with Crippen LogP contribution >= 0.6 is 22.7 Å². The molecule has 156 valence electrons. The van der Waals surface area contributed by atoms with Gasteiger partial charge in [-0.15, -0.1) is 22.7 Å². The molecular formula is C28H32S2. The summed E-state index contributed by atoms with van der Waals surface area (Å²) >= 11 is 3.92. The van der Waals surface area contributed by atoms with Crippen LogP contribution in [-0.4, -0.2) is 0 Å². The third-order valence-electron chi connectivity index (χ3n) is 5.81. The SMILES string of the molecule is CCCCCc1ccc(-c2ccc(-c3cc4sc(CCCCC)cc4s3)cc2)cc1. The lowest BCUT2D eigenvalue weighted by Gasteiger charge is -2.06. The van der Waals surface area contributed by atoms with Gasteiger partial charge in [0.05, 0.1) is 0 Å². The topological polar surface area (TPSA) is 0 Å². The van der Waals surface area contributed by atoms with Gasteiger partial charge in [0.2, 0.25) is 0 Å². The average Bonchev–Trinajstić information content (AvgIpc) is 3.34. The van der Waals surface area contributed by atoms with Crippen LogP contribution in [0, 0.1) is 0 Å². The van der Waals surface area contributed by atoms with Gasteiger partial charge in [-0.25, -0.2) is 0 Å². The molecule has 0 aliphatic carbocycles. The van der Waals surface area contributed by atoms with Crippen molar-refractivity contribution < 1.29 is 0 Å². The van der Waals surface area contributed by atoms with Gasteiger partial charge in [0.15, 0.2) is 0 Å². The van der Waals surface area contributed by atoms with Gasteiger partial charge in [0, 0.05) is 19.2 Å². The van der Waals surface area contributed by atoms with Gasteiger partial charge in [-0.2, -0.15) is 0 Å². The Bertz CT molecular complexity index is 1020. The molecule has 0 fully saturated rings. The van der Waals surface area contributed by atoms with Crippen LogP contribution in [0.3, 0.4) is 0 Å². The largest absolute Gasteiger partial charge is 0.139 e. The average molecular weight is 433 g/mol. The Balaban J connectivity index is 1.43. The quantitative estimate of drug-likeness (QED) is 0.219. The summed E-state index contributed by atoms with van der Waals surface area (Å²) in [4.78, 5) is 2.93. The maximum Gasteiger partial charge on any atom is 0.0460 e. The highest BCUT2D eigenvalue weighted by molar-refractivity contribution is 7.29. The van der Waals surface area contributed by atoms with Crippen molar-refractivity contribution in [2.45, 2.75) is 65.2 Å². The zero-order valence-corrected chi connectivity index (χ0v) is 19.9. The van der Waals surface area contributed by atoms with Gasteiger partial charge in [-0.05, 0) is 60.1 Å². The van der Waals surface area contributed by atoms with E-state index in [-0.39, 0.29) is 0 Å². The summed E-state index contributed by atoms with van der Waals surface area (Å²) in [5.74, 6) is 0. The van der Waals surface area contributed by atoms with Crippen molar-refractivity contribution >= 4 is 32.1 Å². The minimum absolute atomic E-state index is 1.20. The Morgan fingerprint density at radius 2 is 1.13 bits per heavy atom. The van der Waals surface area contributed by atoms with E-state index in [0.29, 0.717) is 0 Å². The van der Waals surface area contributed by atoms with E-state index in [4.69, 9.17) is 0 Å². The van der Waals surface area contributed by atoms with Crippen molar-refractivity contribution in [3.8, 4) is 21.6 Å². The highest BCUT2D eigenvalue weighted by atomic mass is 32.1. The lowest BCUT2D eigenvalue weighted by molar-refractivity contribution is 0.717. The molecule has 30 heavy (non-hydrogen) atoms. The molecule has 0 spiro atoms. The van der Waals surface area contributed by atoms with E-state index in [1.807, 2.05) is 22.7 Å². The van der Waals surface area contributed by atoms with Crippen molar-refractivity contribution in [2.75, 3.05) is 0 Å². The Morgan fingerprint density at radius 3 is 1.77 bits per heavy atom. The highest BCUT2D eigenvalue weighted by Crippen LogP contribution is 2.39. The predicted molar refractivity (Wildman–Crippen MR) is 137 cm³/mol. The van der Waals surface area contributed by atoms with Crippen molar-refractivity contribution in [1.82, 2.24) is 0 Å². The van der Waals surface area contributed by atoms with Gasteiger partial charge in [0.1, 0.15) is 0 Å². The maximum atomic E-state index is 2.42. The van der Waals surface area contributed by atoms with Gasteiger partial charge < -0.3 is 0 Å². The molecule has 4 rings (SSSR count).